The van der Waals surface area contributed by atoms with Crippen molar-refractivity contribution in [2.75, 3.05) is 52.7 Å². The molecule has 0 spiro atoms. The number of likely N-dealkylation sites (N-methyl/N-ethyl adjacent to an activating group) is 1. The highest BCUT2D eigenvalue weighted by molar-refractivity contribution is 5.89. The van der Waals surface area contributed by atoms with E-state index in [-0.39, 0.29) is 30.6 Å². The molecule has 0 radical (unpaired) electrons. The van der Waals surface area contributed by atoms with Gasteiger partial charge in [-0.1, -0.05) is 42.2 Å². The summed E-state index contributed by atoms with van der Waals surface area (Å²) < 4.78 is 5.21. The molecule has 5 rings (SSSR count). The van der Waals surface area contributed by atoms with Crippen molar-refractivity contribution >= 4 is 11.7 Å². The number of nitrogens with zero attached hydrogens (tertiary/aromatic N) is 3. The first-order valence-electron chi connectivity index (χ1n) is 14.0. The summed E-state index contributed by atoms with van der Waals surface area (Å²) in [5.41, 5.74) is 3.72. The van der Waals surface area contributed by atoms with Crippen molar-refractivity contribution in [3.8, 4) is 17.6 Å². The second-order valence-electron chi connectivity index (χ2n) is 11.1. The van der Waals surface area contributed by atoms with Gasteiger partial charge in [-0.2, -0.15) is 0 Å². The molecule has 8 nitrogen and oxygen atoms in total. The van der Waals surface area contributed by atoms with E-state index in [1.54, 1.807) is 36.3 Å². The number of nitrogens with one attached hydrogen (secondary N) is 1. The second kappa shape index (κ2) is 12.8. The molecule has 5 atom stereocenters. The number of anilines is 1. The Labute approximate surface area is 242 Å². The molecule has 3 N–H and O–H groups in total. The Kier molecular flexibility index (Phi) is 8.91. The van der Waals surface area contributed by atoms with Gasteiger partial charge in [-0.15, -0.1) is 0 Å². The van der Waals surface area contributed by atoms with E-state index in [4.69, 9.17) is 4.74 Å². The van der Waals surface area contributed by atoms with Crippen molar-refractivity contribution in [2.24, 2.45) is 0 Å². The number of urea groups is 1. The van der Waals surface area contributed by atoms with Gasteiger partial charge in [-0.3, -0.25) is 4.90 Å². The highest BCUT2D eigenvalue weighted by atomic mass is 16.5. The van der Waals surface area contributed by atoms with Crippen LogP contribution in [0.4, 0.5) is 10.5 Å². The number of β-amino-alcohol motifs (C(OH)–C–C–N with tert-alkyl or cyclic N) is 1. The molecule has 2 saturated heterocycles. The molecule has 0 aliphatic carbocycles. The monoisotopic (exact) mass is 554 g/mol. The first kappa shape index (κ1) is 28.7. The molecule has 0 unspecified atom stereocenters. The van der Waals surface area contributed by atoms with Crippen LogP contribution in [0.2, 0.25) is 0 Å². The molecule has 0 aromatic heterocycles. The van der Waals surface area contributed by atoms with Gasteiger partial charge in [0.2, 0.25) is 0 Å². The first-order chi connectivity index (χ1) is 19.8. The van der Waals surface area contributed by atoms with E-state index < -0.39 is 12.2 Å². The molecule has 41 heavy (non-hydrogen) atoms. The van der Waals surface area contributed by atoms with E-state index in [9.17, 15) is 15.0 Å². The molecule has 0 bridgehead atoms. The standard InChI is InChI=1S/C33H38N4O4/c1-35(2)19-28-32(25-13-11-24(12-14-25)10-9-23-7-5-4-6-8-23)29-20-36(21-30(38)31(39)22-37(28)29)33(40)34-26-15-17-27(41-3)18-16-26/h4-8,11-18,28-32,38-39H,19-22H2,1-3H3,(H,34,40)/t28-,29+,30+,31-,32+/m1/s1. The maximum absolute atomic E-state index is 13.4. The Bertz CT molecular complexity index is 1370. The summed E-state index contributed by atoms with van der Waals surface area (Å²) in [4.78, 5) is 19.4. The first-order valence-corrected chi connectivity index (χ1v) is 14.0. The summed E-state index contributed by atoms with van der Waals surface area (Å²) in [5, 5.41) is 24.5. The number of benzene rings is 3. The van der Waals surface area contributed by atoms with Crippen molar-refractivity contribution in [2.45, 2.75) is 30.2 Å². The number of hydrogen-bond acceptors (Lipinski definition) is 6. The Hall–Kier alpha value is -3.87. The zero-order valence-corrected chi connectivity index (χ0v) is 23.8. The lowest BCUT2D eigenvalue weighted by Gasteiger charge is -2.59. The molecule has 2 amide bonds. The predicted molar refractivity (Wildman–Crippen MR) is 160 cm³/mol. The van der Waals surface area contributed by atoms with Gasteiger partial charge in [0.15, 0.2) is 0 Å². The zero-order valence-electron chi connectivity index (χ0n) is 23.8. The fourth-order valence-corrected chi connectivity index (χ4v) is 5.82. The molecule has 2 fully saturated rings. The fourth-order valence-electron chi connectivity index (χ4n) is 5.82. The van der Waals surface area contributed by atoms with Gasteiger partial charge in [0, 0.05) is 54.5 Å². The van der Waals surface area contributed by atoms with Crippen LogP contribution in [0.25, 0.3) is 0 Å². The van der Waals surface area contributed by atoms with Crippen molar-refractivity contribution < 1.29 is 19.7 Å². The van der Waals surface area contributed by atoms with Crippen LogP contribution in [-0.4, -0.2) is 103 Å². The third kappa shape index (κ3) is 6.72. The van der Waals surface area contributed by atoms with Crippen molar-refractivity contribution in [1.82, 2.24) is 14.7 Å². The molecule has 0 saturated carbocycles. The van der Waals surface area contributed by atoms with Crippen LogP contribution in [0.3, 0.4) is 0 Å². The lowest BCUT2D eigenvalue weighted by atomic mass is 9.73. The summed E-state index contributed by atoms with van der Waals surface area (Å²) in [6, 6.07) is 25.2. The molecule has 2 aliphatic rings. The Morgan fingerprint density at radius 3 is 2.17 bits per heavy atom. The van der Waals surface area contributed by atoms with E-state index in [1.807, 2.05) is 44.4 Å². The predicted octanol–water partition coefficient (Wildman–Crippen LogP) is 3.06. The minimum Gasteiger partial charge on any atom is -0.497 e. The van der Waals surface area contributed by atoms with Crippen LogP contribution in [0.1, 0.15) is 22.6 Å². The zero-order chi connectivity index (χ0) is 28.9. The van der Waals surface area contributed by atoms with Crippen molar-refractivity contribution in [3.05, 3.63) is 95.6 Å². The highest BCUT2D eigenvalue weighted by Crippen LogP contribution is 2.42. The molecule has 8 heteroatoms. The van der Waals surface area contributed by atoms with E-state index >= 15 is 0 Å². The van der Waals surface area contributed by atoms with Gasteiger partial charge in [-0.05, 0) is 68.2 Å². The normalized spacial score (nSPS) is 24.2. The van der Waals surface area contributed by atoms with Gasteiger partial charge in [0.25, 0.3) is 0 Å². The van der Waals surface area contributed by atoms with Crippen molar-refractivity contribution in [1.29, 1.82) is 0 Å². The third-order valence-electron chi connectivity index (χ3n) is 7.94. The molecule has 3 aromatic carbocycles. The lowest BCUT2D eigenvalue weighted by Crippen LogP contribution is -2.71. The summed E-state index contributed by atoms with van der Waals surface area (Å²) in [7, 11) is 5.67. The van der Waals surface area contributed by atoms with Crippen molar-refractivity contribution in [3.63, 3.8) is 0 Å². The molecule has 2 heterocycles. The van der Waals surface area contributed by atoms with Gasteiger partial charge in [-0.25, -0.2) is 4.79 Å². The number of aliphatic hydroxyl groups excluding tert-OH is 2. The van der Waals surface area contributed by atoms with Gasteiger partial charge in [0.1, 0.15) is 5.75 Å². The minimum absolute atomic E-state index is 0.00929. The molecule has 214 valence electrons. The number of ether oxygens (including phenoxy) is 1. The van der Waals surface area contributed by atoms with Crippen LogP contribution in [0.15, 0.2) is 78.9 Å². The summed E-state index contributed by atoms with van der Waals surface area (Å²) in [5.74, 6) is 7.30. The van der Waals surface area contributed by atoms with Gasteiger partial charge >= 0.3 is 6.03 Å². The number of methoxy groups -OCH3 is 1. The van der Waals surface area contributed by atoms with Gasteiger partial charge in [0.05, 0.1) is 25.9 Å². The summed E-state index contributed by atoms with van der Waals surface area (Å²) >= 11 is 0. The maximum atomic E-state index is 13.4. The van der Waals surface area contributed by atoms with Gasteiger partial charge < -0.3 is 30.1 Å². The Morgan fingerprint density at radius 2 is 1.54 bits per heavy atom. The van der Waals surface area contributed by atoms with Crippen LogP contribution in [-0.2, 0) is 0 Å². The highest BCUT2D eigenvalue weighted by Gasteiger charge is 2.51. The third-order valence-corrected chi connectivity index (χ3v) is 7.94. The number of aliphatic hydroxyl groups is 2. The topological polar surface area (TPSA) is 88.5 Å². The number of fused-ring (bicyclic) bond motifs is 1. The Balaban J connectivity index is 1.38. The number of carbonyl (C=O) groups excluding carboxylic acids is 1. The minimum atomic E-state index is -1.04. The molecular formula is C33H38N4O4. The van der Waals surface area contributed by atoms with Crippen LogP contribution in [0, 0.1) is 11.8 Å². The average Bonchev–Trinajstić information content (AvgIpc) is 2.98. The number of carbonyl (C=O) groups is 1. The summed E-state index contributed by atoms with van der Waals surface area (Å²) in [6.07, 6.45) is -2.01. The van der Waals surface area contributed by atoms with E-state index in [2.05, 4.69) is 51.2 Å². The maximum Gasteiger partial charge on any atom is 0.321 e. The SMILES string of the molecule is COc1ccc(NC(=O)N2C[C@H](O)[C@H](O)CN3[C@H](CN(C)C)[C@H](c4ccc(C#Cc5ccccc5)cc4)[C@@H]3C2)cc1. The van der Waals surface area contributed by atoms with Crippen LogP contribution < -0.4 is 10.1 Å². The molecule has 3 aromatic rings. The lowest BCUT2D eigenvalue weighted by molar-refractivity contribution is -0.105. The quantitative estimate of drug-likeness (QED) is 0.421. The Morgan fingerprint density at radius 1 is 0.902 bits per heavy atom. The molecular weight excluding hydrogens is 516 g/mol. The van der Waals surface area contributed by atoms with Crippen LogP contribution in [0.5, 0.6) is 5.75 Å². The van der Waals surface area contributed by atoms with E-state index in [0.29, 0.717) is 24.5 Å². The van der Waals surface area contributed by atoms with E-state index in [1.165, 1.54) is 5.56 Å². The number of rotatable bonds is 5. The largest absolute Gasteiger partial charge is 0.497 e. The van der Waals surface area contributed by atoms with E-state index in [0.717, 1.165) is 17.7 Å². The second-order valence-corrected chi connectivity index (χ2v) is 11.1. The average molecular weight is 555 g/mol. The number of amides is 2. The fraction of sp³-hybridized carbons (Fsp3) is 0.364. The van der Waals surface area contributed by atoms with Crippen LogP contribution >= 0.6 is 0 Å². The molecule has 2 aliphatic heterocycles. The number of hydrogen-bond donors (Lipinski definition) is 3. The smallest absolute Gasteiger partial charge is 0.321 e. The summed E-state index contributed by atoms with van der Waals surface area (Å²) in [6.45, 7) is 1.62.